The molecule has 1 fully saturated rings. The Bertz CT molecular complexity index is 546. The second kappa shape index (κ2) is 4.47. The second-order valence-corrected chi connectivity index (χ2v) is 5.56. The fourth-order valence-corrected chi connectivity index (χ4v) is 2.41. The number of benzene rings is 1. The standard InChI is InChI=1S/C14H18N2O4/c1-9(2)16-6-14(20-13(16)17)7-18-11-4-3-10(15)5-12(11)19-8-14/h3-5,9H,6-8,15H2,1-2H3. The van der Waals surface area contributed by atoms with Crippen molar-refractivity contribution in [3.05, 3.63) is 18.2 Å². The molecule has 20 heavy (non-hydrogen) atoms. The highest BCUT2D eigenvalue weighted by atomic mass is 16.6. The summed E-state index contributed by atoms with van der Waals surface area (Å²) in [7, 11) is 0. The maximum atomic E-state index is 11.9. The summed E-state index contributed by atoms with van der Waals surface area (Å²) in [6.07, 6.45) is -0.322. The van der Waals surface area contributed by atoms with E-state index in [0.717, 1.165) is 0 Å². The summed E-state index contributed by atoms with van der Waals surface area (Å²) in [5.74, 6) is 1.20. The number of anilines is 1. The van der Waals surface area contributed by atoms with Crippen LogP contribution in [-0.4, -0.2) is 42.4 Å². The Kier molecular flexibility index (Phi) is 2.88. The topological polar surface area (TPSA) is 74.0 Å². The van der Waals surface area contributed by atoms with E-state index >= 15 is 0 Å². The molecule has 2 aliphatic heterocycles. The molecule has 0 saturated carbocycles. The molecule has 1 unspecified atom stereocenters. The van der Waals surface area contributed by atoms with Crippen LogP contribution in [0.3, 0.4) is 0 Å². The van der Waals surface area contributed by atoms with Crippen molar-refractivity contribution in [1.82, 2.24) is 4.90 Å². The molecule has 2 N–H and O–H groups in total. The number of nitrogens with two attached hydrogens (primary N) is 1. The van der Waals surface area contributed by atoms with Crippen molar-refractivity contribution >= 4 is 11.8 Å². The monoisotopic (exact) mass is 278 g/mol. The molecule has 2 heterocycles. The van der Waals surface area contributed by atoms with Gasteiger partial charge in [0.2, 0.25) is 0 Å². The van der Waals surface area contributed by atoms with E-state index in [2.05, 4.69) is 0 Å². The van der Waals surface area contributed by atoms with Gasteiger partial charge >= 0.3 is 6.09 Å². The van der Waals surface area contributed by atoms with Crippen molar-refractivity contribution in [2.24, 2.45) is 0 Å². The van der Waals surface area contributed by atoms with Crippen LogP contribution in [0.4, 0.5) is 10.5 Å². The Hall–Kier alpha value is -2.11. The molecule has 1 saturated heterocycles. The number of ether oxygens (including phenoxy) is 3. The van der Waals surface area contributed by atoms with Gasteiger partial charge in [0.15, 0.2) is 17.1 Å². The van der Waals surface area contributed by atoms with E-state index in [1.165, 1.54) is 0 Å². The first kappa shape index (κ1) is 12.9. The van der Waals surface area contributed by atoms with Crippen molar-refractivity contribution < 1.29 is 19.0 Å². The molecule has 108 valence electrons. The molecule has 0 aromatic heterocycles. The molecule has 1 amide bonds. The van der Waals surface area contributed by atoms with Crippen LogP contribution in [0.25, 0.3) is 0 Å². The number of fused-ring (bicyclic) bond motifs is 1. The minimum absolute atomic E-state index is 0.0862. The molecule has 0 radical (unpaired) electrons. The summed E-state index contributed by atoms with van der Waals surface area (Å²) in [5.41, 5.74) is 5.58. The molecule has 3 rings (SSSR count). The van der Waals surface area contributed by atoms with Gasteiger partial charge in [-0.1, -0.05) is 0 Å². The summed E-state index contributed by atoms with van der Waals surface area (Å²) < 4.78 is 17.0. The van der Waals surface area contributed by atoms with Crippen molar-refractivity contribution in [1.29, 1.82) is 0 Å². The number of carbonyl (C=O) groups excluding carboxylic acids is 1. The number of rotatable bonds is 1. The molecule has 6 nitrogen and oxygen atoms in total. The van der Waals surface area contributed by atoms with Gasteiger partial charge in [0, 0.05) is 17.8 Å². The van der Waals surface area contributed by atoms with Gasteiger partial charge in [-0.3, -0.25) is 0 Å². The van der Waals surface area contributed by atoms with Crippen molar-refractivity contribution in [3.8, 4) is 11.5 Å². The number of nitrogens with zero attached hydrogens (tertiary/aromatic N) is 1. The highest BCUT2D eigenvalue weighted by Crippen LogP contribution is 2.36. The van der Waals surface area contributed by atoms with Crippen LogP contribution in [0.1, 0.15) is 13.8 Å². The lowest BCUT2D eigenvalue weighted by atomic mass is 10.1. The van der Waals surface area contributed by atoms with E-state index in [4.69, 9.17) is 19.9 Å². The molecular formula is C14H18N2O4. The predicted molar refractivity (Wildman–Crippen MR) is 72.9 cm³/mol. The zero-order chi connectivity index (χ0) is 14.3. The van der Waals surface area contributed by atoms with E-state index in [0.29, 0.717) is 23.7 Å². The van der Waals surface area contributed by atoms with Gasteiger partial charge in [0.05, 0.1) is 6.54 Å². The minimum Gasteiger partial charge on any atom is -0.485 e. The molecule has 1 atom stereocenters. The average molecular weight is 278 g/mol. The van der Waals surface area contributed by atoms with Gasteiger partial charge in [-0.05, 0) is 26.0 Å². The quantitative estimate of drug-likeness (QED) is 0.790. The van der Waals surface area contributed by atoms with Crippen LogP contribution in [-0.2, 0) is 4.74 Å². The van der Waals surface area contributed by atoms with Gasteiger partial charge in [-0.25, -0.2) is 4.79 Å². The van der Waals surface area contributed by atoms with E-state index in [9.17, 15) is 4.79 Å². The SMILES string of the molecule is CC(C)N1CC2(COc3ccc(N)cc3OC2)OC1=O. The molecule has 1 aromatic carbocycles. The van der Waals surface area contributed by atoms with Gasteiger partial charge in [-0.15, -0.1) is 0 Å². The third-order valence-corrected chi connectivity index (χ3v) is 3.57. The Morgan fingerprint density at radius 2 is 1.95 bits per heavy atom. The number of hydrogen-bond donors (Lipinski definition) is 1. The minimum atomic E-state index is -0.755. The molecule has 1 aromatic rings. The maximum Gasteiger partial charge on any atom is 0.411 e. The van der Waals surface area contributed by atoms with Gasteiger partial charge in [0.1, 0.15) is 13.2 Å². The predicted octanol–water partition coefficient (Wildman–Crippen LogP) is 1.64. The number of amides is 1. The van der Waals surface area contributed by atoms with Crippen molar-refractivity contribution in [3.63, 3.8) is 0 Å². The largest absolute Gasteiger partial charge is 0.485 e. The number of nitrogen functional groups attached to an aromatic ring is 1. The van der Waals surface area contributed by atoms with E-state index in [1.807, 2.05) is 13.8 Å². The van der Waals surface area contributed by atoms with Gasteiger partial charge < -0.3 is 24.8 Å². The third-order valence-electron chi connectivity index (χ3n) is 3.57. The van der Waals surface area contributed by atoms with Crippen LogP contribution in [0.5, 0.6) is 11.5 Å². The smallest absolute Gasteiger partial charge is 0.411 e. The van der Waals surface area contributed by atoms with Crippen molar-refractivity contribution in [2.45, 2.75) is 25.5 Å². The van der Waals surface area contributed by atoms with Crippen LogP contribution in [0.2, 0.25) is 0 Å². The summed E-state index contributed by atoms with van der Waals surface area (Å²) in [6, 6.07) is 5.32. The normalized spacial score (nSPS) is 24.9. The molecule has 2 aliphatic rings. The zero-order valence-electron chi connectivity index (χ0n) is 11.6. The van der Waals surface area contributed by atoms with Gasteiger partial charge in [0.25, 0.3) is 0 Å². The van der Waals surface area contributed by atoms with Crippen LogP contribution in [0, 0.1) is 0 Å². The molecule has 0 aliphatic carbocycles. The number of hydrogen-bond acceptors (Lipinski definition) is 5. The lowest BCUT2D eigenvalue weighted by molar-refractivity contribution is -0.00558. The summed E-state index contributed by atoms with van der Waals surface area (Å²) in [6.45, 7) is 4.91. The highest BCUT2D eigenvalue weighted by Gasteiger charge is 2.48. The third kappa shape index (κ3) is 2.11. The first-order chi connectivity index (χ1) is 9.49. The first-order valence-electron chi connectivity index (χ1n) is 6.64. The highest BCUT2D eigenvalue weighted by molar-refractivity contribution is 5.71. The zero-order valence-corrected chi connectivity index (χ0v) is 11.6. The summed E-state index contributed by atoms with van der Waals surface area (Å²) >= 11 is 0. The average Bonchev–Trinajstić information content (AvgIpc) is 2.63. The Morgan fingerprint density at radius 3 is 2.60 bits per heavy atom. The molecular weight excluding hydrogens is 260 g/mol. The van der Waals surface area contributed by atoms with Crippen LogP contribution >= 0.6 is 0 Å². The Labute approximate surface area is 117 Å². The van der Waals surface area contributed by atoms with Crippen LogP contribution < -0.4 is 15.2 Å². The Balaban J connectivity index is 1.81. The summed E-state index contributed by atoms with van der Waals surface area (Å²) in [5, 5.41) is 0. The van der Waals surface area contributed by atoms with Crippen molar-refractivity contribution in [2.75, 3.05) is 25.5 Å². The van der Waals surface area contributed by atoms with E-state index in [1.54, 1.807) is 23.1 Å². The lowest BCUT2D eigenvalue weighted by Crippen LogP contribution is -2.45. The van der Waals surface area contributed by atoms with E-state index < -0.39 is 5.60 Å². The molecule has 6 heteroatoms. The Morgan fingerprint density at radius 1 is 1.25 bits per heavy atom. The lowest BCUT2D eigenvalue weighted by Gasteiger charge is -2.24. The molecule has 1 spiro atoms. The number of carbonyl (C=O) groups is 1. The summed E-state index contributed by atoms with van der Waals surface area (Å²) in [4.78, 5) is 13.6. The molecule has 0 bridgehead atoms. The second-order valence-electron chi connectivity index (χ2n) is 5.56. The fourth-order valence-electron chi connectivity index (χ4n) is 2.41. The fraction of sp³-hybridized carbons (Fsp3) is 0.500. The maximum absolute atomic E-state index is 11.9. The van der Waals surface area contributed by atoms with Gasteiger partial charge in [-0.2, -0.15) is 0 Å². The van der Waals surface area contributed by atoms with E-state index in [-0.39, 0.29) is 25.3 Å². The van der Waals surface area contributed by atoms with Crippen LogP contribution in [0.15, 0.2) is 18.2 Å². The first-order valence-corrected chi connectivity index (χ1v) is 6.64.